The quantitative estimate of drug-likeness (QED) is 0.520. The maximum absolute atomic E-state index is 12.9. The molecule has 0 radical (unpaired) electrons. The van der Waals surface area contributed by atoms with Gasteiger partial charge >= 0.3 is 0 Å². The van der Waals surface area contributed by atoms with Crippen LogP contribution in [0.4, 0.5) is 5.69 Å². The SMILES string of the molecule is CN(C)S(=O)(=O)c1cccc(NC(=O)c2ccccc2SCC(=O)NCC2CCCCC2)c1. The summed E-state index contributed by atoms with van der Waals surface area (Å²) in [5.74, 6) is 0.397. The minimum atomic E-state index is -3.61. The number of carbonyl (C=O) groups excluding carboxylic acids is 2. The van der Waals surface area contributed by atoms with Crippen molar-refractivity contribution in [3.05, 3.63) is 54.1 Å². The summed E-state index contributed by atoms with van der Waals surface area (Å²) < 4.78 is 25.9. The van der Waals surface area contributed by atoms with E-state index in [-0.39, 0.29) is 22.5 Å². The van der Waals surface area contributed by atoms with Crippen LogP contribution in [0.15, 0.2) is 58.3 Å². The smallest absolute Gasteiger partial charge is 0.256 e. The number of benzene rings is 2. The first-order valence-corrected chi connectivity index (χ1v) is 13.5. The number of nitrogens with one attached hydrogen (secondary N) is 2. The Labute approximate surface area is 200 Å². The second kappa shape index (κ2) is 11.7. The predicted octanol–water partition coefficient (Wildman–Crippen LogP) is 3.98. The Morgan fingerprint density at radius 1 is 1.03 bits per heavy atom. The molecule has 2 aromatic carbocycles. The average Bonchev–Trinajstić information content (AvgIpc) is 2.82. The molecule has 2 aromatic rings. The summed E-state index contributed by atoms with van der Waals surface area (Å²) in [4.78, 5) is 26.0. The van der Waals surface area contributed by atoms with Gasteiger partial charge in [-0.25, -0.2) is 12.7 Å². The van der Waals surface area contributed by atoms with Crippen molar-refractivity contribution in [2.24, 2.45) is 5.92 Å². The van der Waals surface area contributed by atoms with Gasteiger partial charge in [-0.05, 0) is 49.1 Å². The van der Waals surface area contributed by atoms with Crippen molar-refractivity contribution in [1.82, 2.24) is 9.62 Å². The highest BCUT2D eigenvalue weighted by molar-refractivity contribution is 8.00. The zero-order valence-corrected chi connectivity index (χ0v) is 20.7. The molecule has 2 amide bonds. The first kappa shape index (κ1) is 25.3. The van der Waals surface area contributed by atoms with Gasteiger partial charge in [0.25, 0.3) is 5.91 Å². The lowest BCUT2D eigenvalue weighted by Gasteiger charge is -2.21. The molecule has 9 heteroatoms. The lowest BCUT2D eigenvalue weighted by Crippen LogP contribution is -2.31. The van der Waals surface area contributed by atoms with Gasteiger partial charge in [0.2, 0.25) is 15.9 Å². The first-order valence-electron chi connectivity index (χ1n) is 11.1. The predicted molar refractivity (Wildman–Crippen MR) is 132 cm³/mol. The van der Waals surface area contributed by atoms with E-state index in [2.05, 4.69) is 10.6 Å². The van der Waals surface area contributed by atoms with E-state index in [9.17, 15) is 18.0 Å². The number of hydrogen-bond acceptors (Lipinski definition) is 5. The Morgan fingerprint density at radius 3 is 2.48 bits per heavy atom. The molecular formula is C24H31N3O4S2. The second-order valence-corrected chi connectivity index (χ2v) is 11.5. The molecule has 0 bridgehead atoms. The monoisotopic (exact) mass is 489 g/mol. The highest BCUT2D eigenvalue weighted by atomic mass is 32.2. The molecule has 3 rings (SSSR count). The second-order valence-electron chi connectivity index (χ2n) is 8.36. The molecule has 0 spiro atoms. The van der Waals surface area contributed by atoms with E-state index in [0.29, 0.717) is 28.6 Å². The van der Waals surface area contributed by atoms with Gasteiger partial charge in [-0.2, -0.15) is 0 Å². The molecule has 0 aromatic heterocycles. The number of nitrogens with zero attached hydrogens (tertiary/aromatic N) is 1. The third-order valence-electron chi connectivity index (χ3n) is 5.67. The van der Waals surface area contributed by atoms with E-state index < -0.39 is 10.0 Å². The first-order chi connectivity index (χ1) is 15.8. The molecule has 1 aliphatic carbocycles. The van der Waals surface area contributed by atoms with Gasteiger partial charge in [0.15, 0.2) is 0 Å². The Balaban J connectivity index is 1.61. The van der Waals surface area contributed by atoms with Gasteiger partial charge in [0, 0.05) is 31.2 Å². The molecule has 0 heterocycles. The number of rotatable bonds is 9. The van der Waals surface area contributed by atoms with Crippen LogP contribution in [0.1, 0.15) is 42.5 Å². The van der Waals surface area contributed by atoms with Crippen molar-refractivity contribution >= 4 is 39.3 Å². The fourth-order valence-electron chi connectivity index (χ4n) is 3.77. The van der Waals surface area contributed by atoms with E-state index >= 15 is 0 Å². The molecule has 0 atom stereocenters. The molecule has 0 aliphatic heterocycles. The number of anilines is 1. The van der Waals surface area contributed by atoms with Gasteiger partial charge in [-0.1, -0.05) is 37.5 Å². The number of hydrogen-bond donors (Lipinski definition) is 2. The van der Waals surface area contributed by atoms with E-state index in [4.69, 9.17) is 0 Å². The summed E-state index contributed by atoms with van der Waals surface area (Å²) >= 11 is 1.32. The van der Waals surface area contributed by atoms with Crippen molar-refractivity contribution in [1.29, 1.82) is 0 Å². The van der Waals surface area contributed by atoms with Crippen LogP contribution in [-0.4, -0.2) is 50.9 Å². The van der Waals surface area contributed by atoms with Crippen LogP contribution < -0.4 is 10.6 Å². The number of sulfonamides is 1. The van der Waals surface area contributed by atoms with Gasteiger partial charge in [0.05, 0.1) is 16.2 Å². The zero-order valence-electron chi connectivity index (χ0n) is 19.0. The third-order valence-corrected chi connectivity index (χ3v) is 8.56. The maximum atomic E-state index is 12.9. The van der Waals surface area contributed by atoms with Crippen LogP contribution in [0.3, 0.4) is 0 Å². The molecule has 7 nitrogen and oxygen atoms in total. The molecule has 1 aliphatic rings. The maximum Gasteiger partial charge on any atom is 0.256 e. The molecule has 0 unspecified atom stereocenters. The van der Waals surface area contributed by atoms with Crippen LogP contribution >= 0.6 is 11.8 Å². The normalized spacial score (nSPS) is 14.8. The van der Waals surface area contributed by atoms with Gasteiger partial charge in [-0.3, -0.25) is 9.59 Å². The van der Waals surface area contributed by atoms with E-state index in [1.165, 1.54) is 70.1 Å². The summed E-state index contributed by atoms with van der Waals surface area (Å²) in [6, 6.07) is 13.2. The van der Waals surface area contributed by atoms with Gasteiger partial charge < -0.3 is 10.6 Å². The van der Waals surface area contributed by atoms with Crippen LogP contribution in [0.25, 0.3) is 0 Å². The standard InChI is InChI=1S/C24H31N3O4S2/c1-27(2)33(30,31)20-12-8-11-19(15-20)26-24(29)21-13-6-7-14-22(21)32-17-23(28)25-16-18-9-4-3-5-10-18/h6-8,11-15,18H,3-5,9-10,16-17H2,1-2H3,(H,25,28)(H,26,29). The zero-order chi connectivity index (χ0) is 23.8. The molecule has 33 heavy (non-hydrogen) atoms. The Bertz CT molecular complexity index is 1080. The van der Waals surface area contributed by atoms with Crippen molar-refractivity contribution in [2.45, 2.75) is 41.9 Å². The number of thioether (sulfide) groups is 1. The molecule has 178 valence electrons. The molecule has 1 fully saturated rings. The third kappa shape index (κ3) is 7.06. The van der Waals surface area contributed by atoms with E-state index in [1.807, 2.05) is 6.07 Å². The molecule has 0 saturated heterocycles. The largest absolute Gasteiger partial charge is 0.355 e. The molecule has 1 saturated carbocycles. The summed E-state index contributed by atoms with van der Waals surface area (Å²) in [6.45, 7) is 0.716. The molecule has 2 N–H and O–H groups in total. The van der Waals surface area contributed by atoms with Crippen LogP contribution in [0.2, 0.25) is 0 Å². The van der Waals surface area contributed by atoms with E-state index in [1.54, 1.807) is 30.3 Å². The Hall–Kier alpha value is -2.36. The lowest BCUT2D eigenvalue weighted by atomic mass is 9.89. The van der Waals surface area contributed by atoms with Crippen LogP contribution in [0, 0.1) is 5.92 Å². The van der Waals surface area contributed by atoms with Crippen molar-refractivity contribution in [2.75, 3.05) is 31.7 Å². The number of amides is 2. The van der Waals surface area contributed by atoms with Crippen molar-refractivity contribution in [3.8, 4) is 0 Å². The number of carbonyl (C=O) groups is 2. The minimum absolute atomic E-state index is 0.0395. The summed E-state index contributed by atoms with van der Waals surface area (Å²) in [7, 11) is -0.691. The topological polar surface area (TPSA) is 95.6 Å². The fraction of sp³-hybridized carbons (Fsp3) is 0.417. The van der Waals surface area contributed by atoms with Crippen molar-refractivity contribution < 1.29 is 18.0 Å². The molecular weight excluding hydrogens is 458 g/mol. The highest BCUT2D eigenvalue weighted by Crippen LogP contribution is 2.25. The highest BCUT2D eigenvalue weighted by Gasteiger charge is 2.19. The lowest BCUT2D eigenvalue weighted by molar-refractivity contribution is -0.118. The van der Waals surface area contributed by atoms with E-state index in [0.717, 1.165) is 4.31 Å². The van der Waals surface area contributed by atoms with Gasteiger partial charge in [-0.15, -0.1) is 11.8 Å². The average molecular weight is 490 g/mol. The van der Waals surface area contributed by atoms with Crippen LogP contribution in [-0.2, 0) is 14.8 Å². The van der Waals surface area contributed by atoms with Gasteiger partial charge in [0.1, 0.15) is 0 Å². The summed E-state index contributed by atoms with van der Waals surface area (Å²) in [6.07, 6.45) is 6.11. The minimum Gasteiger partial charge on any atom is -0.355 e. The Kier molecular flexibility index (Phi) is 8.94. The fourth-order valence-corrected chi connectivity index (χ4v) is 5.60. The summed E-state index contributed by atoms with van der Waals surface area (Å²) in [5, 5.41) is 5.79. The van der Waals surface area contributed by atoms with Crippen LogP contribution in [0.5, 0.6) is 0 Å². The Morgan fingerprint density at radius 2 is 1.76 bits per heavy atom. The summed E-state index contributed by atoms with van der Waals surface area (Å²) in [5.41, 5.74) is 0.816. The van der Waals surface area contributed by atoms with Crippen molar-refractivity contribution in [3.63, 3.8) is 0 Å².